The Kier molecular flexibility index (Phi) is 6.49. The molecule has 1 heterocycles. The molecule has 1 fully saturated rings. The van der Waals surface area contributed by atoms with Gasteiger partial charge >= 0.3 is 0 Å². The fourth-order valence-corrected chi connectivity index (χ4v) is 4.91. The highest BCUT2D eigenvalue weighted by molar-refractivity contribution is 7.86. The molecule has 2 aromatic rings. The molecule has 0 bridgehead atoms. The number of aryl methyl sites for hydroxylation is 2. The number of hydrogen-bond donors (Lipinski definition) is 1. The molecule has 1 aliphatic heterocycles. The molecule has 28 heavy (non-hydrogen) atoms. The van der Waals surface area contributed by atoms with Crippen LogP contribution >= 0.6 is 0 Å². The van der Waals surface area contributed by atoms with E-state index < -0.39 is 10.2 Å². The maximum atomic E-state index is 12.9. The average Bonchev–Trinajstić information content (AvgIpc) is 2.65. The minimum atomic E-state index is -3.65. The lowest BCUT2D eigenvalue weighted by Crippen LogP contribution is -2.52. The van der Waals surface area contributed by atoms with Gasteiger partial charge in [-0.2, -0.15) is 17.0 Å². The van der Waals surface area contributed by atoms with Gasteiger partial charge < -0.3 is 5.32 Å². The third-order valence-corrected chi connectivity index (χ3v) is 6.77. The van der Waals surface area contributed by atoms with Crippen molar-refractivity contribution in [2.75, 3.05) is 19.6 Å². The Bertz CT molecular complexity index is 926. The van der Waals surface area contributed by atoms with Gasteiger partial charge in [-0.1, -0.05) is 59.7 Å². The van der Waals surface area contributed by atoms with Gasteiger partial charge in [0, 0.05) is 26.2 Å². The van der Waals surface area contributed by atoms with Gasteiger partial charge in [0.05, 0.1) is 6.54 Å². The lowest BCUT2D eigenvalue weighted by molar-refractivity contribution is -0.121. The highest BCUT2D eigenvalue weighted by atomic mass is 32.2. The number of nitrogens with zero attached hydrogens (tertiary/aromatic N) is 2. The van der Waals surface area contributed by atoms with Crippen LogP contribution in [0.4, 0.5) is 0 Å². The van der Waals surface area contributed by atoms with E-state index in [1.54, 1.807) is 0 Å². The van der Waals surface area contributed by atoms with Gasteiger partial charge in [0.25, 0.3) is 10.2 Å². The zero-order chi connectivity index (χ0) is 20.1. The Morgan fingerprint density at radius 3 is 2.39 bits per heavy atom. The topological polar surface area (TPSA) is 69.7 Å². The molecular weight excluding hydrogens is 374 g/mol. The first kappa shape index (κ1) is 20.5. The summed E-state index contributed by atoms with van der Waals surface area (Å²) in [6.45, 7) is 5.39. The van der Waals surface area contributed by atoms with E-state index >= 15 is 0 Å². The van der Waals surface area contributed by atoms with Crippen LogP contribution in [0.15, 0.2) is 48.5 Å². The van der Waals surface area contributed by atoms with Gasteiger partial charge in [-0.05, 0) is 31.4 Å². The summed E-state index contributed by atoms with van der Waals surface area (Å²) >= 11 is 0. The molecule has 6 nitrogen and oxygen atoms in total. The lowest BCUT2D eigenvalue weighted by atomic mass is 10.1. The molecule has 0 aromatic heterocycles. The Balaban J connectivity index is 1.59. The van der Waals surface area contributed by atoms with Crippen LogP contribution in [0.1, 0.15) is 28.7 Å². The molecule has 0 aliphatic carbocycles. The van der Waals surface area contributed by atoms with Crippen molar-refractivity contribution in [3.05, 3.63) is 70.8 Å². The highest BCUT2D eigenvalue weighted by Gasteiger charge is 2.34. The molecule has 0 radical (unpaired) electrons. The third kappa shape index (κ3) is 5.19. The standard InChI is InChI=1S/C21H27N3O3S/c1-17-7-9-19(10-8-17)14-22-21(25)16-24-12-4-11-23(28(24,26)27)15-20-6-3-5-18(2)13-20/h3,5-10,13H,4,11-12,14-16H2,1-2H3,(H,22,25). The van der Waals surface area contributed by atoms with E-state index in [0.717, 1.165) is 22.3 Å². The first-order valence-corrected chi connectivity index (χ1v) is 10.9. The summed E-state index contributed by atoms with van der Waals surface area (Å²) in [7, 11) is -3.65. The van der Waals surface area contributed by atoms with E-state index in [2.05, 4.69) is 5.32 Å². The quantitative estimate of drug-likeness (QED) is 0.808. The predicted octanol–water partition coefficient (Wildman–Crippen LogP) is 2.37. The average molecular weight is 402 g/mol. The smallest absolute Gasteiger partial charge is 0.282 e. The molecule has 0 atom stereocenters. The molecule has 150 valence electrons. The highest BCUT2D eigenvalue weighted by Crippen LogP contribution is 2.19. The molecular formula is C21H27N3O3S. The summed E-state index contributed by atoms with van der Waals surface area (Å²) < 4.78 is 28.6. The first-order valence-electron chi connectivity index (χ1n) is 9.47. The second-order valence-corrected chi connectivity index (χ2v) is 9.21. The van der Waals surface area contributed by atoms with Gasteiger partial charge in [-0.3, -0.25) is 4.79 Å². The van der Waals surface area contributed by atoms with Crippen LogP contribution in [0.25, 0.3) is 0 Å². The van der Waals surface area contributed by atoms with Crippen molar-refractivity contribution in [2.45, 2.75) is 33.4 Å². The van der Waals surface area contributed by atoms with E-state index in [1.165, 1.54) is 8.61 Å². The minimum absolute atomic E-state index is 0.154. The predicted molar refractivity (Wildman–Crippen MR) is 110 cm³/mol. The van der Waals surface area contributed by atoms with Crippen LogP contribution in [-0.2, 0) is 28.1 Å². The number of carbonyl (C=O) groups is 1. The molecule has 2 aromatic carbocycles. The number of rotatable bonds is 6. The number of nitrogens with one attached hydrogen (secondary N) is 1. The Hall–Kier alpha value is -2.22. The molecule has 0 saturated carbocycles. The summed E-state index contributed by atoms with van der Waals surface area (Å²) in [5.41, 5.74) is 4.19. The van der Waals surface area contributed by atoms with E-state index in [0.29, 0.717) is 32.6 Å². The Labute approximate surface area is 167 Å². The summed E-state index contributed by atoms with van der Waals surface area (Å²) in [5.74, 6) is -0.290. The number of amides is 1. The number of carbonyl (C=O) groups excluding carboxylic acids is 1. The van der Waals surface area contributed by atoms with E-state index in [9.17, 15) is 13.2 Å². The zero-order valence-electron chi connectivity index (χ0n) is 16.4. The fraction of sp³-hybridized carbons (Fsp3) is 0.381. The summed E-state index contributed by atoms with van der Waals surface area (Å²) in [6.07, 6.45) is 0.705. The first-order chi connectivity index (χ1) is 13.3. The third-order valence-electron chi connectivity index (χ3n) is 4.84. The van der Waals surface area contributed by atoms with Crippen molar-refractivity contribution in [3.8, 4) is 0 Å². The minimum Gasteiger partial charge on any atom is -0.351 e. The largest absolute Gasteiger partial charge is 0.351 e. The van der Waals surface area contributed by atoms with E-state index in [1.807, 2.05) is 62.4 Å². The van der Waals surface area contributed by atoms with Crippen molar-refractivity contribution in [3.63, 3.8) is 0 Å². The maximum Gasteiger partial charge on any atom is 0.282 e. The van der Waals surface area contributed by atoms with Crippen molar-refractivity contribution >= 4 is 16.1 Å². The van der Waals surface area contributed by atoms with Crippen molar-refractivity contribution in [1.29, 1.82) is 0 Å². The van der Waals surface area contributed by atoms with Crippen LogP contribution < -0.4 is 5.32 Å². The molecule has 3 rings (SSSR count). The fourth-order valence-electron chi connectivity index (χ4n) is 3.28. The molecule has 1 amide bonds. The molecule has 0 spiro atoms. The van der Waals surface area contributed by atoms with Crippen molar-refractivity contribution < 1.29 is 13.2 Å². The van der Waals surface area contributed by atoms with Gasteiger partial charge in [-0.15, -0.1) is 0 Å². The van der Waals surface area contributed by atoms with Crippen LogP contribution in [0.5, 0.6) is 0 Å². The Morgan fingerprint density at radius 2 is 1.68 bits per heavy atom. The summed E-state index contributed by atoms with van der Waals surface area (Å²) in [6, 6.07) is 15.7. The van der Waals surface area contributed by atoms with Gasteiger partial charge in [0.2, 0.25) is 5.91 Å². The monoisotopic (exact) mass is 401 g/mol. The number of benzene rings is 2. The summed E-state index contributed by atoms with van der Waals surface area (Å²) in [5, 5.41) is 2.81. The zero-order valence-corrected chi connectivity index (χ0v) is 17.2. The van der Waals surface area contributed by atoms with E-state index in [4.69, 9.17) is 0 Å². The van der Waals surface area contributed by atoms with Crippen molar-refractivity contribution in [2.24, 2.45) is 0 Å². The second kappa shape index (κ2) is 8.86. The Morgan fingerprint density at radius 1 is 0.964 bits per heavy atom. The molecule has 7 heteroatoms. The maximum absolute atomic E-state index is 12.9. The van der Waals surface area contributed by atoms with Crippen molar-refractivity contribution in [1.82, 2.24) is 13.9 Å². The normalized spacial score (nSPS) is 17.4. The van der Waals surface area contributed by atoms with E-state index in [-0.39, 0.29) is 12.5 Å². The van der Waals surface area contributed by atoms with Gasteiger partial charge in [0.1, 0.15) is 0 Å². The summed E-state index contributed by atoms with van der Waals surface area (Å²) in [4.78, 5) is 12.3. The molecule has 0 unspecified atom stereocenters. The molecule has 1 N–H and O–H groups in total. The van der Waals surface area contributed by atoms with Crippen LogP contribution in [-0.4, -0.2) is 42.6 Å². The molecule has 1 saturated heterocycles. The lowest BCUT2D eigenvalue weighted by Gasteiger charge is -2.34. The van der Waals surface area contributed by atoms with Gasteiger partial charge in [0.15, 0.2) is 0 Å². The molecule has 1 aliphatic rings. The number of hydrogen-bond acceptors (Lipinski definition) is 3. The van der Waals surface area contributed by atoms with Gasteiger partial charge in [-0.25, -0.2) is 0 Å². The van der Waals surface area contributed by atoms with Crippen LogP contribution in [0, 0.1) is 13.8 Å². The SMILES string of the molecule is Cc1ccc(CNC(=O)CN2CCCN(Cc3cccc(C)c3)S2(=O)=O)cc1. The van der Waals surface area contributed by atoms with Crippen LogP contribution in [0.3, 0.4) is 0 Å². The second-order valence-electron chi connectivity index (χ2n) is 7.28. The van der Waals surface area contributed by atoms with Crippen LogP contribution in [0.2, 0.25) is 0 Å².